The first-order valence-electron chi connectivity index (χ1n) is 9.59. The molecule has 2 aromatic rings. The molecule has 0 fully saturated rings. The fourth-order valence-corrected chi connectivity index (χ4v) is 4.09. The minimum absolute atomic E-state index is 0.0363. The largest absolute Gasteiger partial charge is 0.467 e. The van der Waals surface area contributed by atoms with Crippen molar-refractivity contribution >= 4 is 64.0 Å². The lowest BCUT2D eigenvalue weighted by Crippen LogP contribution is -2.46. The van der Waals surface area contributed by atoms with Crippen molar-refractivity contribution in [1.29, 1.82) is 10.5 Å². The molecule has 34 heavy (non-hydrogen) atoms. The van der Waals surface area contributed by atoms with E-state index in [1.54, 1.807) is 19.1 Å². The molecule has 1 amide bonds. The fourth-order valence-electron chi connectivity index (χ4n) is 3.02. The number of benzene rings is 2. The maximum Gasteiger partial charge on any atom is 0.328 e. The molecule has 0 radical (unpaired) electrons. The van der Waals surface area contributed by atoms with E-state index in [4.69, 9.17) is 66.4 Å². The van der Waals surface area contributed by atoms with Crippen molar-refractivity contribution in [2.24, 2.45) is 0 Å². The van der Waals surface area contributed by atoms with Gasteiger partial charge in [-0.3, -0.25) is 9.69 Å². The van der Waals surface area contributed by atoms with Crippen molar-refractivity contribution in [2.75, 3.05) is 25.7 Å². The van der Waals surface area contributed by atoms with Gasteiger partial charge in [0.15, 0.2) is 0 Å². The van der Waals surface area contributed by atoms with Crippen LogP contribution in [0.3, 0.4) is 0 Å². The highest BCUT2D eigenvalue weighted by Crippen LogP contribution is 2.40. The molecule has 0 saturated carbocycles. The smallest absolute Gasteiger partial charge is 0.328 e. The number of amides is 1. The Labute approximate surface area is 218 Å². The van der Waals surface area contributed by atoms with E-state index in [0.29, 0.717) is 0 Å². The van der Waals surface area contributed by atoms with Crippen molar-refractivity contribution < 1.29 is 19.1 Å². The first-order valence-corrected chi connectivity index (χ1v) is 11.1. The number of rotatable bonds is 5. The summed E-state index contributed by atoms with van der Waals surface area (Å²) in [6.07, 6.45) is 0. The molecule has 180 valence electrons. The first kappa shape index (κ1) is 29.5. The minimum atomic E-state index is -0.706. The zero-order valence-corrected chi connectivity index (χ0v) is 22.0. The number of hydrogen-bond acceptors (Lipinski definition) is 6. The molecule has 0 spiro atoms. The molecule has 2 rings (SSSR count). The second-order valence-electron chi connectivity index (χ2n) is 6.87. The molecule has 1 atom stereocenters. The van der Waals surface area contributed by atoms with Crippen LogP contribution < -0.4 is 4.90 Å². The van der Waals surface area contributed by atoms with Crippen LogP contribution in [0.2, 0.25) is 20.1 Å². The van der Waals surface area contributed by atoms with E-state index in [0.717, 1.165) is 16.8 Å². The topological polar surface area (TPSA) is 103 Å². The summed E-state index contributed by atoms with van der Waals surface area (Å²) in [6.45, 7) is 5.36. The number of nitrogens with zero attached hydrogens (tertiary/aromatic N) is 3. The molecule has 2 aromatic carbocycles. The van der Waals surface area contributed by atoms with Crippen LogP contribution in [0.15, 0.2) is 18.2 Å². The van der Waals surface area contributed by atoms with Gasteiger partial charge < -0.3 is 9.47 Å². The Hall–Kier alpha value is -2.52. The molecule has 0 N–H and O–H groups in total. The third kappa shape index (κ3) is 6.54. The van der Waals surface area contributed by atoms with Crippen molar-refractivity contribution in [3.8, 4) is 12.1 Å². The van der Waals surface area contributed by atoms with E-state index in [1.807, 2.05) is 32.0 Å². The van der Waals surface area contributed by atoms with Crippen LogP contribution in [0, 0.1) is 36.5 Å². The van der Waals surface area contributed by atoms with E-state index in [2.05, 4.69) is 0 Å². The van der Waals surface area contributed by atoms with Crippen molar-refractivity contribution in [3.63, 3.8) is 0 Å². The summed E-state index contributed by atoms with van der Waals surface area (Å²) in [5, 5.41) is 17.2. The molecule has 0 bridgehead atoms. The summed E-state index contributed by atoms with van der Waals surface area (Å²) >= 11 is 22.8. The maximum absolute atomic E-state index is 12.3. The number of hydrogen-bond donors (Lipinski definition) is 0. The van der Waals surface area contributed by atoms with Gasteiger partial charge in [0.2, 0.25) is 0 Å². The highest BCUT2D eigenvalue weighted by Gasteiger charge is 2.30. The van der Waals surface area contributed by atoms with Gasteiger partial charge in [0.1, 0.15) is 24.8 Å². The van der Waals surface area contributed by atoms with Crippen molar-refractivity contribution in [2.45, 2.75) is 26.8 Å². The molecule has 0 aliphatic carbocycles. The predicted octanol–water partition coefficient (Wildman–Crippen LogP) is 5.89. The number of para-hydroxylation sites is 1. The van der Waals surface area contributed by atoms with E-state index >= 15 is 0 Å². The van der Waals surface area contributed by atoms with Gasteiger partial charge in [-0.25, -0.2) is 4.79 Å². The zero-order valence-electron chi connectivity index (χ0n) is 19.0. The number of carbonyl (C=O) groups excluding carboxylic acids is 2. The van der Waals surface area contributed by atoms with Crippen LogP contribution in [-0.4, -0.2) is 38.7 Å². The average molecular weight is 545 g/mol. The summed E-state index contributed by atoms with van der Waals surface area (Å²) in [5.74, 6) is -0.736. The number of halogens is 4. The highest BCUT2D eigenvalue weighted by molar-refractivity contribution is 6.50. The quantitative estimate of drug-likeness (QED) is 0.264. The average Bonchev–Trinajstić information content (AvgIpc) is 2.80. The number of anilines is 1. The summed E-state index contributed by atoms with van der Waals surface area (Å²) in [5.41, 5.74) is 2.49. The van der Waals surface area contributed by atoms with Gasteiger partial charge >= 0.3 is 5.97 Å². The number of nitriles is 2. The number of carbonyl (C=O) groups is 2. The van der Waals surface area contributed by atoms with Crippen LogP contribution in [0.4, 0.5) is 5.69 Å². The highest BCUT2D eigenvalue weighted by atomic mass is 35.5. The van der Waals surface area contributed by atoms with Crippen molar-refractivity contribution in [3.05, 3.63) is 60.5 Å². The number of esters is 1. The molecule has 0 aliphatic rings. The van der Waals surface area contributed by atoms with Crippen LogP contribution in [0.1, 0.15) is 29.2 Å². The van der Waals surface area contributed by atoms with E-state index < -0.39 is 12.0 Å². The maximum atomic E-state index is 12.3. The minimum Gasteiger partial charge on any atom is -0.467 e. The second kappa shape index (κ2) is 13.4. The lowest BCUT2D eigenvalue weighted by atomic mass is 10.1. The molecule has 0 aliphatic heterocycles. The Kier molecular flexibility index (Phi) is 11.6. The van der Waals surface area contributed by atoms with Crippen LogP contribution >= 0.6 is 46.4 Å². The Morgan fingerprint density at radius 3 is 1.79 bits per heavy atom. The number of methoxy groups -OCH3 is 2. The molecular weight excluding hydrogens is 524 g/mol. The zero-order chi connectivity index (χ0) is 26.2. The molecule has 11 heteroatoms. The van der Waals surface area contributed by atoms with Crippen LogP contribution in [0.25, 0.3) is 0 Å². The standard InChI is InChI=1S/C15H21NO4.C8Cl4N2/c1-10-7-6-8-11(2)14(10)16(13(17)9-19-4)12(3)15(18)20-5;9-5-3(1-13)6(10)8(12)7(11)4(5)2-14/h6-8,12H,9H2,1-5H3;. The second-order valence-corrected chi connectivity index (χ2v) is 8.38. The van der Waals surface area contributed by atoms with Gasteiger partial charge in [0.25, 0.3) is 5.91 Å². The SMILES string of the molecule is COCC(=O)N(c1c(C)cccc1C)C(C)C(=O)OC.N#Cc1c(Cl)c(Cl)c(Cl)c(C#N)c1Cl. The molecule has 0 saturated heterocycles. The van der Waals surface area contributed by atoms with E-state index in [-0.39, 0.29) is 43.7 Å². The first-order chi connectivity index (χ1) is 16.0. The van der Waals surface area contributed by atoms with Crippen molar-refractivity contribution in [1.82, 2.24) is 0 Å². The van der Waals surface area contributed by atoms with Gasteiger partial charge in [-0.05, 0) is 31.9 Å². The van der Waals surface area contributed by atoms with E-state index in [1.165, 1.54) is 19.1 Å². The van der Waals surface area contributed by atoms with E-state index in [9.17, 15) is 9.59 Å². The third-order valence-corrected chi connectivity index (χ3v) is 6.34. The molecule has 0 aromatic heterocycles. The molecule has 7 nitrogen and oxygen atoms in total. The lowest BCUT2D eigenvalue weighted by molar-refractivity contribution is -0.143. The number of aryl methyl sites for hydroxylation is 2. The fraction of sp³-hybridized carbons (Fsp3) is 0.304. The Morgan fingerprint density at radius 2 is 1.41 bits per heavy atom. The van der Waals surface area contributed by atoms with Gasteiger partial charge in [-0.15, -0.1) is 0 Å². The Bertz CT molecular complexity index is 1110. The normalized spacial score (nSPS) is 10.8. The molecule has 1 unspecified atom stereocenters. The summed E-state index contributed by atoms with van der Waals surface area (Å²) < 4.78 is 9.65. The van der Waals surface area contributed by atoms with Gasteiger partial charge in [0.05, 0.1) is 44.0 Å². The van der Waals surface area contributed by atoms with Gasteiger partial charge in [-0.2, -0.15) is 10.5 Å². The summed E-state index contributed by atoms with van der Waals surface area (Å²) in [4.78, 5) is 25.5. The van der Waals surface area contributed by atoms with Gasteiger partial charge in [0, 0.05) is 7.11 Å². The van der Waals surface area contributed by atoms with Crippen LogP contribution in [0.5, 0.6) is 0 Å². The summed E-state index contributed by atoms with van der Waals surface area (Å²) in [6, 6.07) is 8.51. The predicted molar refractivity (Wildman–Crippen MR) is 133 cm³/mol. The third-order valence-electron chi connectivity index (χ3n) is 4.63. The molecule has 0 heterocycles. The van der Waals surface area contributed by atoms with Crippen LogP contribution in [-0.2, 0) is 19.1 Å². The molecular formula is C23H21Cl4N3O4. The Balaban J connectivity index is 0.000000362. The lowest BCUT2D eigenvalue weighted by Gasteiger charge is -2.30. The monoisotopic (exact) mass is 543 g/mol. The number of ether oxygens (including phenoxy) is 2. The summed E-state index contributed by atoms with van der Waals surface area (Å²) in [7, 11) is 2.76. The van der Waals surface area contributed by atoms with Gasteiger partial charge in [-0.1, -0.05) is 64.6 Å². The Morgan fingerprint density at radius 1 is 0.941 bits per heavy atom.